The Labute approximate surface area is 214 Å². The monoisotopic (exact) mass is 529 g/mol. The molecule has 12 heteroatoms. The van der Waals surface area contributed by atoms with E-state index in [2.05, 4.69) is 26.2 Å². The number of carbonyl (C=O) groups is 2. The Morgan fingerprint density at radius 1 is 1.03 bits per heavy atom. The van der Waals surface area contributed by atoms with Gasteiger partial charge in [0.15, 0.2) is 0 Å². The molecule has 4 aromatic rings. The highest BCUT2D eigenvalue weighted by atomic mass is 19.4. The van der Waals surface area contributed by atoms with Crippen molar-refractivity contribution in [3.05, 3.63) is 70.4 Å². The number of nitrogens with zero attached hydrogens (tertiary/aromatic N) is 3. The number of halogens is 3. The van der Waals surface area contributed by atoms with Crippen LogP contribution in [0.1, 0.15) is 43.1 Å². The van der Waals surface area contributed by atoms with Crippen LogP contribution in [0.3, 0.4) is 0 Å². The summed E-state index contributed by atoms with van der Waals surface area (Å²) in [6.45, 7) is 1.52. The molecule has 1 aliphatic rings. The smallest absolute Gasteiger partial charge is 0.475 e. The molecule has 0 unspecified atom stereocenters. The number of H-pyrrole nitrogens is 2. The first kappa shape index (κ1) is 26.8. The molecule has 2 aromatic heterocycles. The fraction of sp³-hybridized carbons (Fsp3) is 0.346. The highest BCUT2D eigenvalue weighted by Crippen LogP contribution is 2.31. The Morgan fingerprint density at radius 3 is 2.34 bits per heavy atom. The number of carbonyl (C=O) groups excluding carboxylic acids is 1. The summed E-state index contributed by atoms with van der Waals surface area (Å²) < 4.78 is 31.7. The second kappa shape index (κ2) is 11.4. The molecule has 1 saturated heterocycles. The Kier molecular flexibility index (Phi) is 8.08. The first-order valence-electron chi connectivity index (χ1n) is 12.1. The van der Waals surface area contributed by atoms with Crippen LogP contribution in [0.15, 0.2) is 53.3 Å². The van der Waals surface area contributed by atoms with Gasteiger partial charge < -0.3 is 15.0 Å². The SMILES string of the molecule is O=C(CCCc1nc2ccccc2c(=O)[nH]1)N1CCC(c2n[nH]c3ccccc23)CC1.O=C(O)C(F)(F)F. The summed E-state index contributed by atoms with van der Waals surface area (Å²) in [5.74, 6) is -1.56. The van der Waals surface area contributed by atoms with Gasteiger partial charge in [-0.25, -0.2) is 9.78 Å². The average Bonchev–Trinajstić information content (AvgIpc) is 3.33. The third-order valence-electron chi connectivity index (χ3n) is 6.44. The molecule has 1 amide bonds. The number of alkyl halides is 3. The zero-order valence-electron chi connectivity index (χ0n) is 20.3. The van der Waals surface area contributed by atoms with Crippen LogP contribution in [0.25, 0.3) is 21.8 Å². The van der Waals surface area contributed by atoms with Crippen LogP contribution in [-0.2, 0) is 16.0 Å². The first-order valence-corrected chi connectivity index (χ1v) is 12.1. The van der Waals surface area contributed by atoms with Crippen molar-refractivity contribution in [1.29, 1.82) is 0 Å². The van der Waals surface area contributed by atoms with Gasteiger partial charge in [-0.2, -0.15) is 18.3 Å². The van der Waals surface area contributed by atoms with Gasteiger partial charge in [-0.05, 0) is 37.5 Å². The molecule has 38 heavy (non-hydrogen) atoms. The van der Waals surface area contributed by atoms with Gasteiger partial charge in [-0.15, -0.1) is 0 Å². The van der Waals surface area contributed by atoms with Crippen LogP contribution in [-0.4, -0.2) is 61.3 Å². The van der Waals surface area contributed by atoms with Gasteiger partial charge in [0.05, 0.1) is 22.1 Å². The van der Waals surface area contributed by atoms with Crippen LogP contribution in [0.4, 0.5) is 13.2 Å². The van der Waals surface area contributed by atoms with Gasteiger partial charge in [0.1, 0.15) is 5.82 Å². The van der Waals surface area contributed by atoms with Gasteiger partial charge in [0.25, 0.3) is 5.56 Å². The molecule has 9 nitrogen and oxygen atoms in total. The normalized spacial score (nSPS) is 14.3. The Hall–Kier alpha value is -4.22. The van der Waals surface area contributed by atoms with Crippen molar-refractivity contribution in [1.82, 2.24) is 25.1 Å². The number of carboxylic acid groups (broad SMARTS) is 1. The van der Waals surface area contributed by atoms with Crippen molar-refractivity contribution in [2.24, 2.45) is 0 Å². The maximum atomic E-state index is 12.7. The van der Waals surface area contributed by atoms with Crippen molar-refractivity contribution in [3.8, 4) is 0 Å². The predicted molar refractivity (Wildman–Crippen MR) is 134 cm³/mol. The lowest BCUT2D eigenvalue weighted by atomic mass is 9.91. The summed E-state index contributed by atoms with van der Waals surface area (Å²) in [4.78, 5) is 43.1. The van der Waals surface area contributed by atoms with Gasteiger partial charge in [0, 0.05) is 37.2 Å². The second-order valence-corrected chi connectivity index (χ2v) is 9.00. The van der Waals surface area contributed by atoms with E-state index >= 15 is 0 Å². The number of hydrogen-bond donors (Lipinski definition) is 3. The quantitative estimate of drug-likeness (QED) is 0.356. The van der Waals surface area contributed by atoms with Crippen LogP contribution in [0.5, 0.6) is 0 Å². The number of benzene rings is 2. The maximum Gasteiger partial charge on any atom is 0.490 e. The van der Waals surface area contributed by atoms with Gasteiger partial charge >= 0.3 is 12.1 Å². The molecule has 2 aromatic carbocycles. The van der Waals surface area contributed by atoms with E-state index in [1.54, 1.807) is 6.07 Å². The Morgan fingerprint density at radius 2 is 1.66 bits per heavy atom. The van der Waals surface area contributed by atoms with Crippen LogP contribution in [0.2, 0.25) is 0 Å². The number of hydrogen-bond acceptors (Lipinski definition) is 5. The third-order valence-corrected chi connectivity index (χ3v) is 6.44. The lowest BCUT2D eigenvalue weighted by molar-refractivity contribution is -0.192. The molecular weight excluding hydrogens is 503 g/mol. The van der Waals surface area contributed by atoms with Crippen LogP contribution < -0.4 is 5.56 Å². The van der Waals surface area contributed by atoms with Gasteiger partial charge in [-0.3, -0.25) is 14.7 Å². The molecule has 0 spiro atoms. The summed E-state index contributed by atoms with van der Waals surface area (Å²) in [6, 6.07) is 15.5. The Balaban J connectivity index is 0.000000426. The second-order valence-electron chi connectivity index (χ2n) is 9.00. The number of aliphatic carboxylic acids is 1. The largest absolute Gasteiger partial charge is 0.490 e. The molecule has 1 fully saturated rings. The minimum absolute atomic E-state index is 0.125. The number of likely N-dealkylation sites (tertiary alicyclic amines) is 1. The number of carboxylic acids is 1. The summed E-state index contributed by atoms with van der Waals surface area (Å²) in [5, 5.41) is 16.6. The van der Waals surface area contributed by atoms with Crippen molar-refractivity contribution in [3.63, 3.8) is 0 Å². The van der Waals surface area contributed by atoms with E-state index in [1.165, 1.54) is 5.39 Å². The topological polar surface area (TPSA) is 132 Å². The standard InChI is InChI=1S/C24H25N5O2.C2HF3O2/c30-22(11-5-10-21-25-19-8-3-2-7-18(19)24(31)26-21)29-14-12-16(13-15-29)23-17-6-1-4-9-20(17)27-28-23;3-2(4,5)1(6)7/h1-4,6-9,16H,5,10-15H2,(H,27,28)(H,25,26,31);(H,6,7). The summed E-state index contributed by atoms with van der Waals surface area (Å²) in [5.41, 5.74) is 2.76. The lowest BCUT2D eigenvalue weighted by Crippen LogP contribution is -2.38. The molecule has 0 bridgehead atoms. The summed E-state index contributed by atoms with van der Waals surface area (Å²) >= 11 is 0. The minimum Gasteiger partial charge on any atom is -0.475 e. The van der Waals surface area contributed by atoms with Crippen LogP contribution in [0, 0.1) is 0 Å². The predicted octanol–water partition coefficient (Wildman–Crippen LogP) is 4.16. The molecular formula is C26H26F3N5O4. The summed E-state index contributed by atoms with van der Waals surface area (Å²) in [6.07, 6.45) is -1.50. The molecule has 1 aliphatic heterocycles. The number of nitrogens with one attached hydrogen (secondary N) is 2. The van der Waals surface area contributed by atoms with E-state index in [9.17, 15) is 22.8 Å². The summed E-state index contributed by atoms with van der Waals surface area (Å²) in [7, 11) is 0. The number of rotatable bonds is 5. The maximum absolute atomic E-state index is 12.7. The van der Waals surface area contributed by atoms with Crippen molar-refractivity contribution >= 4 is 33.7 Å². The molecule has 0 saturated carbocycles. The van der Waals surface area contributed by atoms with Crippen LogP contribution >= 0.6 is 0 Å². The van der Waals surface area contributed by atoms with E-state index in [4.69, 9.17) is 9.90 Å². The van der Waals surface area contributed by atoms with E-state index in [0.29, 0.717) is 41.9 Å². The zero-order valence-corrected chi connectivity index (χ0v) is 20.3. The van der Waals surface area contributed by atoms with Crippen molar-refractivity contribution in [2.45, 2.75) is 44.2 Å². The van der Waals surface area contributed by atoms with E-state index in [-0.39, 0.29) is 11.5 Å². The molecule has 0 radical (unpaired) electrons. The number of amides is 1. The third kappa shape index (κ3) is 6.36. The van der Waals surface area contributed by atoms with Crippen molar-refractivity contribution < 1.29 is 27.9 Å². The number of aromatic nitrogens is 4. The number of aromatic amines is 2. The highest BCUT2D eigenvalue weighted by molar-refractivity contribution is 5.82. The van der Waals surface area contributed by atoms with Gasteiger partial charge in [0.2, 0.25) is 5.91 Å². The zero-order chi connectivity index (χ0) is 27.3. The lowest BCUT2D eigenvalue weighted by Gasteiger charge is -2.31. The number of piperidine rings is 1. The average molecular weight is 530 g/mol. The fourth-order valence-electron chi connectivity index (χ4n) is 4.52. The number of fused-ring (bicyclic) bond motifs is 2. The molecule has 200 valence electrons. The molecule has 0 aliphatic carbocycles. The first-order chi connectivity index (χ1) is 18.1. The molecule has 3 heterocycles. The fourth-order valence-corrected chi connectivity index (χ4v) is 4.52. The molecule has 0 atom stereocenters. The van der Waals surface area contributed by atoms with E-state index in [0.717, 1.165) is 37.1 Å². The highest BCUT2D eigenvalue weighted by Gasteiger charge is 2.38. The number of para-hydroxylation sites is 2. The van der Waals surface area contributed by atoms with E-state index < -0.39 is 12.1 Å². The van der Waals surface area contributed by atoms with Crippen molar-refractivity contribution in [2.75, 3.05) is 13.1 Å². The molecule has 5 rings (SSSR count). The number of aryl methyl sites for hydroxylation is 1. The van der Waals surface area contributed by atoms with E-state index in [1.807, 2.05) is 41.3 Å². The minimum atomic E-state index is -5.08. The van der Waals surface area contributed by atoms with Gasteiger partial charge in [-0.1, -0.05) is 30.3 Å². The molecule has 3 N–H and O–H groups in total. The Bertz CT molecular complexity index is 1490.